The molecule has 0 saturated heterocycles. The van der Waals surface area contributed by atoms with E-state index in [2.05, 4.69) is 60.7 Å². The monoisotopic (exact) mass is 350 g/mol. The van der Waals surface area contributed by atoms with Crippen LogP contribution < -0.4 is 0 Å². The van der Waals surface area contributed by atoms with Crippen molar-refractivity contribution in [3.8, 4) is 0 Å². The molecule has 0 spiro atoms. The van der Waals surface area contributed by atoms with Gasteiger partial charge in [0.2, 0.25) is 0 Å². The van der Waals surface area contributed by atoms with E-state index >= 15 is 0 Å². The van der Waals surface area contributed by atoms with Crippen LogP contribution in [-0.4, -0.2) is 0 Å². The minimum Gasteiger partial charge on any atom is -0.0622 e. The largest absolute Gasteiger partial charge is 0.0622 e. The van der Waals surface area contributed by atoms with Crippen LogP contribution in [0.25, 0.3) is 0 Å². The number of rotatable bonds is 15. The Morgan fingerprint density at radius 3 is 0.885 bits per heavy atom. The van der Waals surface area contributed by atoms with Gasteiger partial charge in [-0.3, -0.25) is 0 Å². The van der Waals surface area contributed by atoms with Crippen LogP contribution in [0.1, 0.15) is 88.2 Å². The topological polar surface area (TPSA) is 0 Å². The van der Waals surface area contributed by atoms with Gasteiger partial charge in [-0.1, -0.05) is 125 Å². The predicted octanol–water partition coefficient (Wildman–Crippen LogP) is 8.15. The van der Waals surface area contributed by atoms with Gasteiger partial charge >= 0.3 is 0 Å². The second-order valence-electron chi connectivity index (χ2n) is 7.71. The van der Waals surface area contributed by atoms with Crippen molar-refractivity contribution in [2.45, 2.75) is 89.9 Å². The van der Waals surface area contributed by atoms with Crippen LogP contribution in [0.2, 0.25) is 0 Å². The highest BCUT2D eigenvalue weighted by Crippen LogP contribution is 2.14. The minimum atomic E-state index is 1.26. The number of benzene rings is 2. The lowest BCUT2D eigenvalue weighted by Gasteiger charge is -2.04. The fourth-order valence-electron chi connectivity index (χ4n) is 3.72. The van der Waals surface area contributed by atoms with E-state index in [9.17, 15) is 0 Å². The second kappa shape index (κ2) is 14.6. The summed E-state index contributed by atoms with van der Waals surface area (Å²) in [6.07, 6.45) is 19.5. The van der Waals surface area contributed by atoms with Gasteiger partial charge in [0.05, 0.1) is 0 Å². The average molecular weight is 351 g/mol. The molecule has 0 heteroatoms. The second-order valence-corrected chi connectivity index (χ2v) is 7.71. The molecule has 2 aromatic rings. The molecule has 2 rings (SSSR count). The number of hydrogen-bond donors (Lipinski definition) is 0. The van der Waals surface area contributed by atoms with E-state index < -0.39 is 0 Å². The predicted molar refractivity (Wildman–Crippen MR) is 116 cm³/mol. The van der Waals surface area contributed by atoms with Crippen molar-refractivity contribution < 1.29 is 0 Å². The first-order chi connectivity index (χ1) is 12.9. The molecule has 0 amide bonds. The van der Waals surface area contributed by atoms with E-state index in [0.717, 1.165) is 0 Å². The van der Waals surface area contributed by atoms with Crippen LogP contribution in [-0.2, 0) is 12.8 Å². The minimum absolute atomic E-state index is 1.26. The molecular weight excluding hydrogens is 312 g/mol. The Kier molecular flexibility index (Phi) is 11.6. The van der Waals surface area contributed by atoms with Crippen molar-refractivity contribution in [2.75, 3.05) is 0 Å². The molecule has 142 valence electrons. The Balaban J connectivity index is 1.28. The smallest absolute Gasteiger partial charge is 0.0279 e. The first kappa shape index (κ1) is 20.7. The van der Waals surface area contributed by atoms with Gasteiger partial charge in [0, 0.05) is 0 Å². The van der Waals surface area contributed by atoms with Crippen LogP contribution in [0.3, 0.4) is 0 Å². The van der Waals surface area contributed by atoms with E-state index in [1.807, 2.05) is 0 Å². The first-order valence-electron chi connectivity index (χ1n) is 11.0. The normalized spacial score (nSPS) is 10.9. The summed E-state index contributed by atoms with van der Waals surface area (Å²) in [5.41, 5.74) is 2.99. The molecule has 0 N–H and O–H groups in total. The number of unbranched alkanes of at least 4 members (excludes halogenated alkanes) is 11. The molecule has 0 radical (unpaired) electrons. The summed E-state index contributed by atoms with van der Waals surface area (Å²) in [4.78, 5) is 0. The zero-order chi connectivity index (χ0) is 18.1. The third kappa shape index (κ3) is 10.4. The summed E-state index contributed by atoms with van der Waals surface area (Å²) in [6.45, 7) is 0. The van der Waals surface area contributed by atoms with Crippen LogP contribution in [0.4, 0.5) is 0 Å². The van der Waals surface area contributed by atoms with Crippen LogP contribution in [0, 0.1) is 0 Å². The maximum Gasteiger partial charge on any atom is -0.0279 e. The van der Waals surface area contributed by atoms with Crippen molar-refractivity contribution in [2.24, 2.45) is 0 Å². The summed E-state index contributed by atoms with van der Waals surface area (Å²) in [6, 6.07) is 21.8. The van der Waals surface area contributed by atoms with E-state index in [-0.39, 0.29) is 0 Å². The SMILES string of the molecule is c1ccc(CCCCCCCCCCCCCCc2ccccc2)cc1. The maximum atomic E-state index is 2.25. The molecule has 2 aromatic carbocycles. The highest BCUT2D eigenvalue weighted by Gasteiger charge is 1.96. The molecule has 0 atom stereocenters. The fourth-order valence-corrected chi connectivity index (χ4v) is 3.72. The number of hydrogen-bond acceptors (Lipinski definition) is 0. The Labute approximate surface area is 162 Å². The summed E-state index contributed by atoms with van der Waals surface area (Å²) in [5.74, 6) is 0. The zero-order valence-corrected chi connectivity index (χ0v) is 16.7. The van der Waals surface area contributed by atoms with Gasteiger partial charge < -0.3 is 0 Å². The first-order valence-corrected chi connectivity index (χ1v) is 11.0. The molecule has 0 saturated carbocycles. The Morgan fingerprint density at radius 1 is 0.308 bits per heavy atom. The Hall–Kier alpha value is -1.56. The van der Waals surface area contributed by atoms with Crippen LogP contribution >= 0.6 is 0 Å². The Morgan fingerprint density at radius 2 is 0.577 bits per heavy atom. The van der Waals surface area contributed by atoms with Crippen molar-refractivity contribution in [3.05, 3.63) is 71.8 Å². The van der Waals surface area contributed by atoms with E-state index in [1.54, 1.807) is 0 Å². The molecule has 0 nitrogen and oxygen atoms in total. The third-order valence-electron chi connectivity index (χ3n) is 5.37. The van der Waals surface area contributed by atoms with Crippen LogP contribution in [0.15, 0.2) is 60.7 Å². The molecule has 0 fully saturated rings. The molecule has 0 aliphatic heterocycles. The van der Waals surface area contributed by atoms with E-state index in [4.69, 9.17) is 0 Å². The van der Waals surface area contributed by atoms with Gasteiger partial charge in [0.1, 0.15) is 0 Å². The quantitative estimate of drug-likeness (QED) is 0.284. The molecule has 0 bridgehead atoms. The van der Waals surface area contributed by atoms with Gasteiger partial charge in [-0.05, 0) is 36.8 Å². The average Bonchev–Trinajstić information content (AvgIpc) is 2.70. The van der Waals surface area contributed by atoms with Gasteiger partial charge in [-0.15, -0.1) is 0 Å². The summed E-state index contributed by atoms with van der Waals surface area (Å²) >= 11 is 0. The maximum absolute atomic E-state index is 2.25. The van der Waals surface area contributed by atoms with Gasteiger partial charge in [-0.25, -0.2) is 0 Å². The fraction of sp³-hybridized carbons (Fsp3) is 0.538. The van der Waals surface area contributed by atoms with Crippen LogP contribution in [0.5, 0.6) is 0 Å². The molecule has 0 aliphatic carbocycles. The summed E-state index contributed by atoms with van der Waals surface area (Å²) in [7, 11) is 0. The molecule has 0 aliphatic rings. The Bertz CT molecular complexity index is 477. The third-order valence-corrected chi connectivity index (χ3v) is 5.37. The number of aryl methyl sites for hydroxylation is 2. The van der Waals surface area contributed by atoms with Gasteiger partial charge in [0.25, 0.3) is 0 Å². The molecule has 0 heterocycles. The summed E-state index contributed by atoms with van der Waals surface area (Å²) < 4.78 is 0. The molecule has 0 aromatic heterocycles. The highest BCUT2D eigenvalue weighted by molar-refractivity contribution is 5.15. The van der Waals surface area contributed by atoms with E-state index in [1.165, 1.54) is 101 Å². The highest BCUT2D eigenvalue weighted by atomic mass is 14.0. The lowest BCUT2D eigenvalue weighted by atomic mass is 10.0. The van der Waals surface area contributed by atoms with Crippen molar-refractivity contribution >= 4 is 0 Å². The molecular formula is C26H38. The van der Waals surface area contributed by atoms with Gasteiger partial charge in [0.15, 0.2) is 0 Å². The van der Waals surface area contributed by atoms with Crippen molar-refractivity contribution in [1.29, 1.82) is 0 Å². The van der Waals surface area contributed by atoms with E-state index in [0.29, 0.717) is 0 Å². The molecule has 0 unspecified atom stereocenters. The van der Waals surface area contributed by atoms with Crippen molar-refractivity contribution in [1.82, 2.24) is 0 Å². The van der Waals surface area contributed by atoms with Crippen molar-refractivity contribution in [3.63, 3.8) is 0 Å². The lowest BCUT2D eigenvalue weighted by Crippen LogP contribution is -1.87. The standard InChI is InChI=1S/C26H38/c1(3-5-7-9-13-19-25-21-15-11-16-22-25)2-4-6-8-10-14-20-26-23-17-12-18-24-26/h11-12,15-18,21-24H,1-10,13-14,19-20H2. The molecule has 26 heavy (non-hydrogen) atoms. The summed E-state index contributed by atoms with van der Waals surface area (Å²) in [5, 5.41) is 0. The van der Waals surface area contributed by atoms with Gasteiger partial charge in [-0.2, -0.15) is 0 Å². The zero-order valence-electron chi connectivity index (χ0n) is 16.7. The lowest BCUT2D eigenvalue weighted by molar-refractivity contribution is 0.540.